The fourth-order valence-electron chi connectivity index (χ4n) is 0.939. The van der Waals surface area contributed by atoms with Crippen LogP contribution in [0.5, 0.6) is 0 Å². The molecular weight excluding hydrogens is 270 g/mol. The van der Waals surface area contributed by atoms with Gasteiger partial charge in [0.1, 0.15) is 4.90 Å². The van der Waals surface area contributed by atoms with E-state index in [1.54, 1.807) is 0 Å². The smallest absolute Gasteiger partial charge is 0.225 e. The number of sulfonamides is 1. The van der Waals surface area contributed by atoms with Crippen molar-refractivity contribution in [3.8, 4) is 0 Å². The molecule has 0 saturated heterocycles. The Morgan fingerprint density at radius 2 is 2.06 bits per heavy atom. The van der Waals surface area contributed by atoms with Crippen molar-refractivity contribution in [2.45, 2.75) is 11.4 Å². The molecule has 0 atom stereocenters. The Morgan fingerprint density at radius 3 is 2.65 bits per heavy atom. The second kappa shape index (κ2) is 4.69. The zero-order valence-electron chi connectivity index (χ0n) is 8.20. The van der Waals surface area contributed by atoms with Crippen molar-refractivity contribution in [2.75, 3.05) is 0 Å². The van der Waals surface area contributed by atoms with Gasteiger partial charge >= 0.3 is 0 Å². The third-order valence-corrected chi connectivity index (χ3v) is 3.27. The maximum absolute atomic E-state index is 11.7. The largest absolute Gasteiger partial charge is 0.244 e. The SMILES string of the molecule is O=S(=O)(NCc1nn[nH]n1)c1cnc(Cl)nc1. The minimum Gasteiger partial charge on any atom is -0.225 e. The van der Waals surface area contributed by atoms with E-state index in [1.165, 1.54) is 0 Å². The van der Waals surface area contributed by atoms with Gasteiger partial charge in [-0.2, -0.15) is 5.21 Å². The molecule has 0 radical (unpaired) electrons. The highest BCUT2D eigenvalue weighted by atomic mass is 35.5. The molecule has 17 heavy (non-hydrogen) atoms. The molecule has 0 aliphatic rings. The minimum atomic E-state index is -3.71. The quantitative estimate of drug-likeness (QED) is 0.694. The molecule has 0 unspecified atom stereocenters. The molecule has 0 spiro atoms. The van der Waals surface area contributed by atoms with E-state index in [1.807, 2.05) is 0 Å². The Hall–Kier alpha value is -1.65. The number of nitrogens with one attached hydrogen (secondary N) is 2. The second-order valence-electron chi connectivity index (χ2n) is 2.84. The third-order valence-electron chi connectivity index (χ3n) is 1.72. The van der Waals surface area contributed by atoms with Gasteiger partial charge in [-0.15, -0.1) is 10.2 Å². The number of nitrogens with zero attached hydrogens (tertiary/aromatic N) is 5. The molecule has 2 aromatic heterocycles. The highest BCUT2D eigenvalue weighted by Crippen LogP contribution is 2.07. The Kier molecular flexibility index (Phi) is 3.26. The van der Waals surface area contributed by atoms with Crippen molar-refractivity contribution in [1.29, 1.82) is 0 Å². The molecule has 9 nitrogen and oxygen atoms in total. The van der Waals surface area contributed by atoms with Crippen LogP contribution in [-0.4, -0.2) is 39.0 Å². The number of hydrogen-bond donors (Lipinski definition) is 2. The van der Waals surface area contributed by atoms with E-state index < -0.39 is 10.0 Å². The molecule has 0 amide bonds. The van der Waals surface area contributed by atoms with Crippen molar-refractivity contribution in [3.63, 3.8) is 0 Å². The normalized spacial score (nSPS) is 11.6. The molecule has 11 heteroatoms. The first-order chi connectivity index (χ1) is 8.08. The summed E-state index contributed by atoms with van der Waals surface area (Å²) < 4.78 is 25.7. The zero-order chi connectivity index (χ0) is 12.3. The summed E-state index contributed by atoms with van der Waals surface area (Å²) in [5, 5.41) is 12.7. The molecule has 2 heterocycles. The van der Waals surface area contributed by atoms with Crippen LogP contribution in [0.2, 0.25) is 5.28 Å². The maximum atomic E-state index is 11.7. The van der Waals surface area contributed by atoms with Gasteiger partial charge in [0.25, 0.3) is 0 Å². The van der Waals surface area contributed by atoms with Gasteiger partial charge in [-0.3, -0.25) is 0 Å². The van der Waals surface area contributed by atoms with Crippen LogP contribution in [-0.2, 0) is 16.6 Å². The third kappa shape index (κ3) is 2.93. The first-order valence-electron chi connectivity index (χ1n) is 4.27. The molecule has 2 rings (SSSR count). The van der Waals surface area contributed by atoms with Crippen LogP contribution in [0.4, 0.5) is 0 Å². The molecule has 0 saturated carbocycles. The lowest BCUT2D eigenvalue weighted by atomic mass is 10.6. The molecule has 2 N–H and O–H groups in total. The highest BCUT2D eigenvalue weighted by molar-refractivity contribution is 7.89. The molecule has 0 fully saturated rings. The first-order valence-corrected chi connectivity index (χ1v) is 6.13. The molecule has 0 aromatic carbocycles. The number of rotatable bonds is 4. The summed E-state index contributed by atoms with van der Waals surface area (Å²) >= 11 is 5.45. The molecule has 90 valence electrons. The monoisotopic (exact) mass is 275 g/mol. The van der Waals surface area contributed by atoms with Crippen molar-refractivity contribution in [1.82, 2.24) is 35.3 Å². The number of halogens is 1. The number of aromatic amines is 1. The van der Waals surface area contributed by atoms with E-state index in [4.69, 9.17) is 11.6 Å². The fourth-order valence-corrected chi connectivity index (χ4v) is 1.91. The summed E-state index contributed by atoms with van der Waals surface area (Å²) in [4.78, 5) is 7.06. The van der Waals surface area contributed by atoms with E-state index in [0.717, 1.165) is 12.4 Å². The van der Waals surface area contributed by atoms with E-state index in [-0.39, 0.29) is 22.5 Å². The summed E-state index contributed by atoms with van der Waals surface area (Å²) in [6, 6.07) is 0. The average Bonchev–Trinajstić information content (AvgIpc) is 2.80. The van der Waals surface area contributed by atoms with Gasteiger partial charge < -0.3 is 0 Å². The standard InChI is InChI=1S/C6H6ClN7O2S/c7-6-8-1-4(2-9-6)17(15,16)10-3-5-11-13-14-12-5/h1-2,10H,3H2,(H,11,12,13,14). The summed E-state index contributed by atoms with van der Waals surface area (Å²) in [6.07, 6.45) is 2.21. The Labute approximate surface area is 101 Å². The second-order valence-corrected chi connectivity index (χ2v) is 4.95. The van der Waals surface area contributed by atoms with E-state index in [0.29, 0.717) is 0 Å². The van der Waals surface area contributed by atoms with Gasteiger partial charge in [-0.1, -0.05) is 5.21 Å². The minimum absolute atomic E-state index is 0.0258. The summed E-state index contributed by atoms with van der Waals surface area (Å²) in [5.74, 6) is 0.225. The van der Waals surface area contributed by atoms with Crippen LogP contribution >= 0.6 is 11.6 Å². The Morgan fingerprint density at radius 1 is 1.35 bits per heavy atom. The predicted octanol–water partition coefficient (Wildman–Crippen LogP) is -0.878. The topological polar surface area (TPSA) is 126 Å². The number of H-pyrrole nitrogens is 1. The summed E-state index contributed by atoms with van der Waals surface area (Å²) in [5.41, 5.74) is 0. The van der Waals surface area contributed by atoms with Crippen molar-refractivity contribution >= 4 is 21.6 Å². The lowest BCUT2D eigenvalue weighted by molar-refractivity contribution is 0.578. The highest BCUT2D eigenvalue weighted by Gasteiger charge is 2.15. The van der Waals surface area contributed by atoms with Gasteiger partial charge in [-0.25, -0.2) is 23.1 Å². The van der Waals surface area contributed by atoms with E-state index in [2.05, 4.69) is 35.3 Å². The lowest BCUT2D eigenvalue weighted by Gasteiger charge is -2.03. The Balaban J connectivity index is 2.11. The summed E-state index contributed by atoms with van der Waals surface area (Å²) in [6.45, 7) is -0.0819. The van der Waals surface area contributed by atoms with Crippen LogP contribution in [0.3, 0.4) is 0 Å². The Bertz CT molecular complexity index is 581. The zero-order valence-corrected chi connectivity index (χ0v) is 9.77. The van der Waals surface area contributed by atoms with Crippen LogP contribution in [0.25, 0.3) is 0 Å². The van der Waals surface area contributed by atoms with Gasteiger partial charge in [0.2, 0.25) is 15.3 Å². The van der Waals surface area contributed by atoms with E-state index >= 15 is 0 Å². The van der Waals surface area contributed by atoms with Gasteiger partial charge in [-0.05, 0) is 11.6 Å². The molecule has 0 aliphatic heterocycles. The van der Waals surface area contributed by atoms with Crippen LogP contribution in [0, 0.1) is 0 Å². The van der Waals surface area contributed by atoms with Crippen molar-refractivity contribution in [3.05, 3.63) is 23.5 Å². The van der Waals surface area contributed by atoms with Crippen LogP contribution in [0.1, 0.15) is 5.82 Å². The molecule has 2 aromatic rings. The number of hydrogen-bond acceptors (Lipinski definition) is 7. The van der Waals surface area contributed by atoms with Gasteiger partial charge in [0.15, 0.2) is 5.82 Å². The maximum Gasteiger partial charge on any atom is 0.244 e. The summed E-state index contributed by atoms with van der Waals surface area (Å²) in [7, 11) is -3.71. The van der Waals surface area contributed by atoms with Gasteiger partial charge in [0.05, 0.1) is 18.9 Å². The van der Waals surface area contributed by atoms with Gasteiger partial charge in [0, 0.05) is 0 Å². The average molecular weight is 276 g/mol. The van der Waals surface area contributed by atoms with Crippen molar-refractivity contribution < 1.29 is 8.42 Å². The fraction of sp³-hybridized carbons (Fsp3) is 0.167. The predicted molar refractivity (Wildman–Crippen MR) is 55.2 cm³/mol. The lowest BCUT2D eigenvalue weighted by Crippen LogP contribution is -2.24. The number of aromatic nitrogens is 6. The molecular formula is C6H6ClN7O2S. The van der Waals surface area contributed by atoms with E-state index in [9.17, 15) is 8.42 Å². The van der Waals surface area contributed by atoms with Crippen LogP contribution < -0.4 is 4.72 Å². The van der Waals surface area contributed by atoms with Crippen LogP contribution in [0.15, 0.2) is 17.3 Å². The van der Waals surface area contributed by atoms with Crippen molar-refractivity contribution in [2.24, 2.45) is 0 Å². The molecule has 0 bridgehead atoms. The first kappa shape index (κ1) is 11.8. The number of tetrazole rings is 1. The molecule has 0 aliphatic carbocycles.